The molecule has 0 aliphatic carbocycles. The van der Waals surface area contributed by atoms with Crippen LogP contribution in [0.2, 0.25) is 0 Å². The zero-order valence-corrected chi connectivity index (χ0v) is 18.9. The van der Waals surface area contributed by atoms with Gasteiger partial charge in [-0.2, -0.15) is 14.0 Å². The van der Waals surface area contributed by atoms with Gasteiger partial charge >= 0.3 is 11.7 Å². The van der Waals surface area contributed by atoms with Gasteiger partial charge in [-0.1, -0.05) is 18.2 Å². The molecule has 182 valence electrons. The second-order valence-corrected chi connectivity index (χ2v) is 7.98. The van der Waals surface area contributed by atoms with Crippen molar-refractivity contribution >= 4 is 28.3 Å². The molecule has 1 aromatic carbocycles. The minimum absolute atomic E-state index is 0.0271. The summed E-state index contributed by atoms with van der Waals surface area (Å²) in [4.78, 5) is 20.3. The Hall–Kier alpha value is -4.85. The van der Waals surface area contributed by atoms with E-state index < -0.39 is 24.1 Å². The first-order valence-electron chi connectivity index (χ1n) is 10.9. The van der Waals surface area contributed by atoms with Gasteiger partial charge in [0.2, 0.25) is 5.91 Å². The van der Waals surface area contributed by atoms with Gasteiger partial charge < -0.3 is 16.3 Å². The minimum atomic E-state index is -3.32. The van der Waals surface area contributed by atoms with Crippen molar-refractivity contribution < 1.29 is 23.5 Å². The molecule has 0 unspecified atom stereocenters. The lowest BCUT2D eigenvalue weighted by Gasteiger charge is -2.14. The second kappa shape index (κ2) is 10.2. The molecule has 5 N–H and O–H groups in total. The van der Waals surface area contributed by atoms with Crippen molar-refractivity contribution in [2.45, 2.75) is 18.9 Å². The van der Waals surface area contributed by atoms with Crippen molar-refractivity contribution in [1.82, 2.24) is 15.3 Å². The maximum Gasteiger partial charge on any atom is 0.325 e. The van der Waals surface area contributed by atoms with Crippen LogP contribution in [0.1, 0.15) is 22.5 Å². The average Bonchev–Trinajstić information content (AvgIpc) is 2.89. The molecule has 0 bridgehead atoms. The van der Waals surface area contributed by atoms with Crippen LogP contribution in [0.3, 0.4) is 0 Å². The zero-order chi connectivity index (χ0) is 25.7. The number of benzene rings is 1. The summed E-state index contributed by atoms with van der Waals surface area (Å²) in [6.07, 6.45) is 2.51. The Bertz CT molecular complexity index is 1460. The summed E-state index contributed by atoms with van der Waals surface area (Å²) in [6.45, 7) is -0.688. The number of halogens is 2. The summed E-state index contributed by atoms with van der Waals surface area (Å²) in [5, 5.41) is 26.9. The molecule has 0 saturated carbocycles. The maximum atomic E-state index is 14.5. The van der Waals surface area contributed by atoms with Gasteiger partial charge in [0.1, 0.15) is 17.6 Å². The maximum absolute atomic E-state index is 14.5. The molecule has 0 radical (unpaired) electrons. The summed E-state index contributed by atoms with van der Waals surface area (Å²) in [5.41, 5.74) is 6.24. The van der Waals surface area contributed by atoms with E-state index in [4.69, 9.17) is 5.73 Å². The van der Waals surface area contributed by atoms with Gasteiger partial charge in [-0.3, -0.25) is 15.1 Å². The van der Waals surface area contributed by atoms with Crippen LogP contribution in [-0.4, -0.2) is 27.6 Å². The van der Waals surface area contributed by atoms with Crippen molar-refractivity contribution in [3.05, 3.63) is 89.5 Å². The van der Waals surface area contributed by atoms with Crippen LogP contribution in [0.25, 0.3) is 10.8 Å². The fourth-order valence-electron chi connectivity index (χ4n) is 3.63. The molecule has 0 fully saturated rings. The molecule has 3 aromatic heterocycles. The van der Waals surface area contributed by atoms with Crippen molar-refractivity contribution in [3.63, 3.8) is 0 Å². The predicted octanol–water partition coefficient (Wildman–Crippen LogP) is 2.67. The second-order valence-electron chi connectivity index (χ2n) is 7.98. The van der Waals surface area contributed by atoms with E-state index in [2.05, 4.69) is 20.6 Å². The normalized spacial score (nSPS) is 11.1. The molecule has 0 atom stereocenters. The van der Waals surface area contributed by atoms with Crippen LogP contribution in [0.5, 0.6) is 0 Å². The number of fused-ring (bicyclic) bond motifs is 1. The number of carbonyl (C=O) groups is 1. The fraction of sp³-hybridized carbons (Fsp3) is 0.160. The van der Waals surface area contributed by atoms with E-state index in [-0.39, 0.29) is 30.0 Å². The predicted molar refractivity (Wildman–Crippen MR) is 127 cm³/mol. The van der Waals surface area contributed by atoms with Crippen molar-refractivity contribution in [2.75, 3.05) is 17.6 Å². The molecule has 1 amide bonds. The van der Waals surface area contributed by atoms with E-state index in [0.29, 0.717) is 10.5 Å². The van der Waals surface area contributed by atoms with E-state index in [1.807, 2.05) is 30.3 Å². The molecule has 9 nitrogen and oxygen atoms in total. The quantitative estimate of drug-likeness (QED) is 0.220. The Labute approximate surface area is 204 Å². The van der Waals surface area contributed by atoms with Crippen LogP contribution in [-0.2, 0) is 23.7 Å². The highest BCUT2D eigenvalue weighted by atomic mass is 19.3. The first-order valence-corrected chi connectivity index (χ1v) is 10.9. The summed E-state index contributed by atoms with van der Waals surface area (Å²) in [6, 6.07) is 16.0. The van der Waals surface area contributed by atoms with Gasteiger partial charge in [0.15, 0.2) is 12.2 Å². The Kier molecular flexibility index (Phi) is 6.87. The highest BCUT2D eigenvalue weighted by molar-refractivity contribution is 5.91. The molecule has 0 aliphatic heterocycles. The largest absolute Gasteiger partial charge is 0.383 e. The van der Waals surface area contributed by atoms with Crippen molar-refractivity contribution in [3.8, 4) is 6.07 Å². The van der Waals surface area contributed by atoms with Gasteiger partial charge in [0.25, 0.3) is 0 Å². The lowest BCUT2D eigenvalue weighted by atomic mass is 10.1. The monoisotopic (exact) mass is 490 g/mol. The van der Waals surface area contributed by atoms with Crippen LogP contribution >= 0.6 is 0 Å². The molecular formula is C25H22F2N7O2+. The number of anilines is 2. The third-order valence-electron chi connectivity index (χ3n) is 5.53. The number of hydrogen-bond acceptors (Lipinski definition) is 7. The van der Waals surface area contributed by atoms with E-state index >= 15 is 0 Å². The molecule has 0 spiro atoms. The van der Waals surface area contributed by atoms with Gasteiger partial charge in [0.05, 0.1) is 12.0 Å². The Morgan fingerprint density at radius 3 is 2.72 bits per heavy atom. The molecule has 0 aliphatic rings. The van der Waals surface area contributed by atoms with E-state index in [0.717, 1.165) is 16.3 Å². The number of aromatic nitrogens is 3. The summed E-state index contributed by atoms with van der Waals surface area (Å²) in [7, 11) is 0. The topological polar surface area (TPSA) is 141 Å². The number of pyridine rings is 3. The Balaban J connectivity index is 1.45. The molecule has 36 heavy (non-hydrogen) atoms. The molecular weight excluding hydrogens is 468 g/mol. The van der Waals surface area contributed by atoms with Gasteiger partial charge in [-0.05, 0) is 46.0 Å². The SMILES string of the molecule is N#Cc1ccc(NCC(F)(F)c2ccccn2)[n+](O)c1CC(=O)NCc1ccc2ccnc(N)c2c1. The first kappa shape index (κ1) is 24.3. The number of carbonyl (C=O) groups excluding carboxylic acids is 1. The average molecular weight is 490 g/mol. The van der Waals surface area contributed by atoms with Crippen LogP contribution in [0.15, 0.2) is 67.0 Å². The number of hydrogen-bond donors (Lipinski definition) is 4. The van der Waals surface area contributed by atoms with E-state index in [9.17, 15) is 24.0 Å². The number of nitriles is 1. The lowest BCUT2D eigenvalue weighted by molar-refractivity contribution is -0.898. The molecule has 11 heteroatoms. The Morgan fingerprint density at radius 2 is 1.97 bits per heavy atom. The molecule has 4 aromatic rings. The number of nitrogens with two attached hydrogens (primary N) is 1. The summed E-state index contributed by atoms with van der Waals surface area (Å²) < 4.78 is 29.5. The lowest BCUT2D eigenvalue weighted by Crippen LogP contribution is -2.43. The van der Waals surface area contributed by atoms with Crippen LogP contribution in [0, 0.1) is 11.3 Å². The van der Waals surface area contributed by atoms with E-state index in [1.165, 1.54) is 36.5 Å². The zero-order valence-electron chi connectivity index (χ0n) is 18.9. The number of alkyl halides is 2. The standard InChI is InChI=1S/C25H21F2N7O2/c26-25(27,21-3-1-2-9-30-21)15-33-22-7-6-18(13-28)20(34(22)36)12-23(35)32-14-16-4-5-17-8-10-31-24(29)19(17)11-16/h1-11,36H,12,14-15H2,(H3,29,31,32,35)/p+1. The molecule has 3 heterocycles. The highest BCUT2D eigenvalue weighted by Crippen LogP contribution is 2.26. The Morgan fingerprint density at radius 1 is 1.14 bits per heavy atom. The van der Waals surface area contributed by atoms with Crippen LogP contribution < -0.4 is 21.1 Å². The number of nitrogen functional groups attached to an aromatic ring is 1. The number of rotatable bonds is 8. The van der Waals surface area contributed by atoms with Crippen LogP contribution in [0.4, 0.5) is 20.4 Å². The third kappa shape index (κ3) is 5.28. The number of nitrogens with zero attached hydrogens (tertiary/aromatic N) is 4. The summed E-state index contributed by atoms with van der Waals surface area (Å²) in [5.74, 6) is -3.54. The minimum Gasteiger partial charge on any atom is -0.383 e. The molecule has 0 saturated heterocycles. The van der Waals surface area contributed by atoms with Gasteiger partial charge in [0, 0.05) is 30.4 Å². The van der Waals surface area contributed by atoms with Crippen molar-refractivity contribution in [2.24, 2.45) is 0 Å². The smallest absolute Gasteiger partial charge is 0.325 e. The third-order valence-corrected chi connectivity index (χ3v) is 5.53. The van der Waals surface area contributed by atoms with E-state index in [1.54, 1.807) is 6.20 Å². The summed E-state index contributed by atoms with van der Waals surface area (Å²) >= 11 is 0. The van der Waals surface area contributed by atoms with Gasteiger partial charge in [-0.15, -0.1) is 0 Å². The van der Waals surface area contributed by atoms with Crippen molar-refractivity contribution in [1.29, 1.82) is 5.26 Å². The fourth-order valence-corrected chi connectivity index (χ4v) is 3.63. The van der Waals surface area contributed by atoms with Gasteiger partial charge in [-0.25, -0.2) is 4.98 Å². The first-order chi connectivity index (χ1) is 17.3. The number of amides is 1. The highest BCUT2D eigenvalue weighted by Gasteiger charge is 2.36. The molecule has 4 rings (SSSR count). The number of nitrogens with one attached hydrogen (secondary N) is 2.